The van der Waals surface area contributed by atoms with Gasteiger partial charge in [-0.3, -0.25) is 9.59 Å². The highest BCUT2D eigenvalue weighted by Gasteiger charge is 2.20. The van der Waals surface area contributed by atoms with Gasteiger partial charge in [0.05, 0.1) is 25.4 Å². The maximum atomic E-state index is 12.5. The van der Waals surface area contributed by atoms with Crippen LogP contribution < -0.4 is 5.32 Å². The zero-order valence-electron chi connectivity index (χ0n) is 53.6. The normalized spacial score (nSPS) is 12.6. The summed E-state index contributed by atoms with van der Waals surface area (Å²) < 4.78 is 5.50. The Hall–Kier alpha value is -1.66. The van der Waals surface area contributed by atoms with Gasteiger partial charge < -0.3 is 20.3 Å². The van der Waals surface area contributed by atoms with E-state index >= 15 is 0 Å². The number of rotatable bonds is 68. The number of ether oxygens (including phenoxy) is 1. The average Bonchev–Trinajstić information content (AvgIpc) is 3.45. The van der Waals surface area contributed by atoms with Crippen LogP contribution in [0, 0.1) is 0 Å². The van der Waals surface area contributed by atoms with Crippen molar-refractivity contribution in [2.45, 2.75) is 418 Å². The van der Waals surface area contributed by atoms with Gasteiger partial charge in [0.2, 0.25) is 5.91 Å². The Balaban J connectivity index is 3.36. The topological polar surface area (TPSA) is 95.9 Å². The second kappa shape index (κ2) is 68.8. The molecule has 0 aromatic carbocycles. The van der Waals surface area contributed by atoms with E-state index in [0.29, 0.717) is 25.9 Å². The van der Waals surface area contributed by atoms with Crippen molar-refractivity contribution in [3.63, 3.8) is 0 Å². The van der Waals surface area contributed by atoms with E-state index in [-0.39, 0.29) is 18.5 Å². The summed E-state index contributed by atoms with van der Waals surface area (Å²) >= 11 is 0. The van der Waals surface area contributed by atoms with E-state index in [1.807, 2.05) is 0 Å². The van der Waals surface area contributed by atoms with Gasteiger partial charge in [0.25, 0.3) is 0 Å². The van der Waals surface area contributed by atoms with Gasteiger partial charge in [0, 0.05) is 12.8 Å². The Kier molecular flexibility index (Phi) is 67.4. The molecule has 6 nitrogen and oxygen atoms in total. The molecule has 0 rings (SSSR count). The Morgan fingerprint density at radius 2 is 0.633 bits per heavy atom. The van der Waals surface area contributed by atoms with E-state index in [1.165, 1.54) is 327 Å². The Bertz CT molecular complexity index is 1230. The van der Waals surface area contributed by atoms with Gasteiger partial charge in [-0.1, -0.05) is 359 Å². The molecule has 79 heavy (non-hydrogen) atoms. The zero-order valence-corrected chi connectivity index (χ0v) is 53.6. The second-order valence-corrected chi connectivity index (χ2v) is 24.9. The molecule has 0 spiro atoms. The largest absolute Gasteiger partial charge is 0.466 e. The number of amides is 1. The molecule has 0 aliphatic heterocycles. The summed E-state index contributed by atoms with van der Waals surface area (Å²) in [6, 6.07) is -0.539. The molecule has 0 bridgehead atoms. The highest BCUT2D eigenvalue weighted by molar-refractivity contribution is 5.76. The first-order valence-corrected chi connectivity index (χ1v) is 36.1. The zero-order chi connectivity index (χ0) is 57.1. The van der Waals surface area contributed by atoms with Crippen LogP contribution in [0.5, 0.6) is 0 Å². The predicted molar refractivity (Wildman–Crippen MR) is 347 cm³/mol. The lowest BCUT2D eigenvalue weighted by Crippen LogP contribution is -2.45. The van der Waals surface area contributed by atoms with Crippen LogP contribution in [0.2, 0.25) is 0 Å². The van der Waals surface area contributed by atoms with Crippen molar-refractivity contribution in [1.29, 1.82) is 0 Å². The Labute approximate surface area is 494 Å². The third kappa shape index (κ3) is 65.4. The van der Waals surface area contributed by atoms with Crippen LogP contribution in [0.25, 0.3) is 0 Å². The minimum Gasteiger partial charge on any atom is -0.466 e. The van der Waals surface area contributed by atoms with Crippen molar-refractivity contribution in [2.24, 2.45) is 0 Å². The van der Waals surface area contributed by atoms with Gasteiger partial charge >= 0.3 is 5.97 Å². The van der Waals surface area contributed by atoms with Crippen molar-refractivity contribution in [3.8, 4) is 0 Å². The fourth-order valence-electron chi connectivity index (χ4n) is 11.5. The number of esters is 1. The van der Waals surface area contributed by atoms with E-state index in [2.05, 4.69) is 43.5 Å². The number of hydrogen-bond donors (Lipinski definition) is 3. The number of aliphatic hydroxyl groups excluding tert-OH is 2. The quantitative estimate of drug-likeness (QED) is 0.0320. The molecule has 0 aliphatic rings. The molecule has 0 radical (unpaired) electrons. The van der Waals surface area contributed by atoms with Crippen molar-refractivity contribution >= 4 is 11.9 Å². The first-order valence-electron chi connectivity index (χ1n) is 36.1. The number of aliphatic hydroxyl groups is 2. The number of carbonyl (C=O) groups is 2. The third-order valence-electron chi connectivity index (χ3n) is 17.0. The number of carbonyl (C=O) groups excluding carboxylic acids is 2. The van der Waals surface area contributed by atoms with Crippen molar-refractivity contribution < 1.29 is 24.5 Å². The second-order valence-electron chi connectivity index (χ2n) is 24.9. The molecule has 0 aromatic heterocycles. The van der Waals surface area contributed by atoms with Crippen LogP contribution in [0.1, 0.15) is 406 Å². The molecule has 2 atom stereocenters. The summed E-state index contributed by atoms with van der Waals surface area (Å²) in [5.74, 6) is -0.0127. The summed E-state index contributed by atoms with van der Waals surface area (Å²) in [5, 5.41) is 23.3. The summed E-state index contributed by atoms with van der Waals surface area (Å²) in [6.45, 7) is 4.99. The highest BCUT2D eigenvalue weighted by Crippen LogP contribution is 2.19. The number of allylic oxidation sites excluding steroid dienone is 4. The standard InChI is InChI=1S/C73H141NO5/c1-3-5-7-9-11-13-15-17-38-43-47-51-55-59-63-67-73(78)79-68-64-60-56-52-48-44-40-37-35-33-31-29-27-25-23-21-19-20-22-24-26-28-30-32-34-36-39-42-46-50-54-58-62-66-72(77)74-70(69-75)71(76)65-61-57-53-49-45-41-18-16-14-12-10-8-6-4-2/h23,25,29,31,70-71,75-76H,3-22,24,26-28,30,32-69H2,1-2H3,(H,74,77)/b25-23-,31-29-. The summed E-state index contributed by atoms with van der Waals surface area (Å²) in [5.41, 5.74) is 0. The molecule has 0 aliphatic carbocycles. The molecular formula is C73H141NO5. The molecule has 0 heterocycles. The molecular weight excluding hydrogens is 971 g/mol. The lowest BCUT2D eigenvalue weighted by Gasteiger charge is -2.22. The number of nitrogens with one attached hydrogen (secondary N) is 1. The van der Waals surface area contributed by atoms with Gasteiger partial charge in [-0.25, -0.2) is 0 Å². The lowest BCUT2D eigenvalue weighted by molar-refractivity contribution is -0.143. The van der Waals surface area contributed by atoms with Gasteiger partial charge in [0.1, 0.15) is 0 Å². The Morgan fingerprint density at radius 3 is 0.962 bits per heavy atom. The number of unbranched alkanes of at least 4 members (excludes halogenated alkanes) is 53. The first-order chi connectivity index (χ1) is 39.0. The summed E-state index contributed by atoms with van der Waals surface area (Å²) in [7, 11) is 0. The van der Waals surface area contributed by atoms with Gasteiger partial charge in [0.15, 0.2) is 0 Å². The van der Waals surface area contributed by atoms with Gasteiger partial charge in [-0.15, -0.1) is 0 Å². The van der Waals surface area contributed by atoms with Gasteiger partial charge in [-0.05, 0) is 57.8 Å². The minimum absolute atomic E-state index is 0.0178. The number of hydrogen-bond acceptors (Lipinski definition) is 5. The van der Waals surface area contributed by atoms with Crippen molar-refractivity contribution in [2.75, 3.05) is 13.2 Å². The predicted octanol–water partition coefficient (Wildman–Crippen LogP) is 23.3. The molecule has 0 aromatic rings. The van der Waals surface area contributed by atoms with E-state index < -0.39 is 12.1 Å². The lowest BCUT2D eigenvalue weighted by atomic mass is 10.0. The molecule has 1 amide bonds. The fourth-order valence-corrected chi connectivity index (χ4v) is 11.5. The van der Waals surface area contributed by atoms with Crippen molar-refractivity contribution in [3.05, 3.63) is 24.3 Å². The van der Waals surface area contributed by atoms with E-state index in [4.69, 9.17) is 4.74 Å². The van der Waals surface area contributed by atoms with Crippen LogP contribution in [-0.2, 0) is 14.3 Å². The highest BCUT2D eigenvalue weighted by atomic mass is 16.5. The van der Waals surface area contributed by atoms with Crippen LogP contribution in [0.15, 0.2) is 24.3 Å². The SMILES string of the molecule is CCCCCCCCCCCCCCCCCC(=O)OCCCCCCCCCCC/C=C\C/C=C\CCCCCCCCCCCCCCCCCCCC(=O)NC(CO)C(O)CCCCCCCCCCCCCCCC. The third-order valence-corrected chi connectivity index (χ3v) is 17.0. The molecule has 468 valence electrons. The molecule has 0 saturated carbocycles. The maximum Gasteiger partial charge on any atom is 0.305 e. The molecule has 6 heteroatoms. The average molecular weight is 1110 g/mol. The fraction of sp³-hybridized carbons (Fsp3) is 0.918. The maximum absolute atomic E-state index is 12.5. The van der Waals surface area contributed by atoms with Gasteiger partial charge in [-0.2, -0.15) is 0 Å². The van der Waals surface area contributed by atoms with Crippen LogP contribution in [0.3, 0.4) is 0 Å². The Morgan fingerprint density at radius 1 is 0.354 bits per heavy atom. The van der Waals surface area contributed by atoms with Crippen LogP contribution in [-0.4, -0.2) is 47.4 Å². The molecule has 2 unspecified atom stereocenters. The minimum atomic E-state index is -0.662. The smallest absolute Gasteiger partial charge is 0.305 e. The van der Waals surface area contributed by atoms with Crippen LogP contribution in [0.4, 0.5) is 0 Å². The summed E-state index contributed by atoms with van der Waals surface area (Å²) in [4.78, 5) is 24.6. The van der Waals surface area contributed by atoms with E-state index in [1.54, 1.807) is 0 Å². The summed E-state index contributed by atoms with van der Waals surface area (Å²) in [6.07, 6.45) is 86.7. The molecule has 3 N–H and O–H groups in total. The first kappa shape index (κ1) is 77.3. The van der Waals surface area contributed by atoms with Crippen LogP contribution >= 0.6 is 0 Å². The van der Waals surface area contributed by atoms with Crippen molar-refractivity contribution in [1.82, 2.24) is 5.32 Å². The molecule has 0 fully saturated rings. The monoisotopic (exact) mass is 1110 g/mol. The van der Waals surface area contributed by atoms with E-state index in [0.717, 1.165) is 44.9 Å². The molecule has 0 saturated heterocycles. The van der Waals surface area contributed by atoms with E-state index in [9.17, 15) is 19.8 Å².